The van der Waals surface area contributed by atoms with Gasteiger partial charge in [-0.3, -0.25) is 4.79 Å². The maximum atomic E-state index is 14.5. The Morgan fingerprint density at radius 3 is 2.83 bits per heavy atom. The van der Waals surface area contributed by atoms with Gasteiger partial charge in [0.1, 0.15) is 17.5 Å². The number of carbonyl (C=O) groups is 1. The monoisotopic (exact) mass is 418 g/mol. The molecular weight excluding hydrogens is 398 g/mol. The van der Waals surface area contributed by atoms with Crippen LogP contribution in [0, 0.1) is 0 Å². The number of alkyl halides is 2. The number of nitrogens with zero attached hydrogens (tertiary/aromatic N) is 3. The zero-order valence-electron chi connectivity index (χ0n) is 15.9. The number of hydrogen-bond acceptors (Lipinski definition) is 7. The number of aliphatic hydroxyl groups is 2. The number of amides is 1. The fourth-order valence-corrected chi connectivity index (χ4v) is 3.99. The summed E-state index contributed by atoms with van der Waals surface area (Å²) in [6.45, 7) is 0.460. The number of rotatable bonds is 3. The molecule has 0 saturated carbocycles. The van der Waals surface area contributed by atoms with Crippen molar-refractivity contribution in [3.05, 3.63) is 35.0 Å². The van der Waals surface area contributed by atoms with E-state index in [0.717, 1.165) is 0 Å². The molecule has 0 unspecified atom stereocenters. The summed E-state index contributed by atoms with van der Waals surface area (Å²) in [5, 5.41) is 21.7. The second-order valence-corrected chi connectivity index (χ2v) is 7.81. The zero-order chi connectivity index (χ0) is 21.0. The molecule has 1 fully saturated rings. The highest BCUT2D eigenvalue weighted by atomic mass is 19.3. The van der Waals surface area contributed by atoms with Gasteiger partial charge in [0.05, 0.1) is 30.5 Å². The van der Waals surface area contributed by atoms with Crippen LogP contribution in [0.1, 0.15) is 28.0 Å². The highest BCUT2D eigenvalue weighted by Crippen LogP contribution is 2.45. The lowest BCUT2D eigenvalue weighted by molar-refractivity contribution is -0.00597. The van der Waals surface area contributed by atoms with E-state index in [-0.39, 0.29) is 62.4 Å². The molecule has 0 radical (unpaired) electrons. The molecule has 1 amide bonds. The van der Waals surface area contributed by atoms with Crippen LogP contribution >= 0.6 is 0 Å². The minimum atomic E-state index is -3.05. The van der Waals surface area contributed by atoms with Crippen molar-refractivity contribution >= 4 is 11.9 Å². The Bertz CT molecular complexity index is 1030. The lowest BCUT2D eigenvalue weighted by Gasteiger charge is -2.36. The summed E-state index contributed by atoms with van der Waals surface area (Å²) < 4.78 is 34.7. The standard InChI is InChI=1S/C20H20F2N4O4/c21-20(22)4-3-14-16(24-19(25-17(14)20)26-7-11(28)8-26)10-1-2-13-15(5-10)30-12(9-27)6-23-18(13)29/h1-2,5,11-12,27-28H,3-4,6-9H2,(H,23,29)/t12-/m1/s1. The van der Waals surface area contributed by atoms with Crippen molar-refractivity contribution in [2.45, 2.75) is 31.0 Å². The summed E-state index contributed by atoms with van der Waals surface area (Å²) in [6.07, 6.45) is -1.34. The largest absolute Gasteiger partial charge is 0.485 e. The number of nitrogens with one attached hydrogen (secondary N) is 1. The first-order valence-electron chi connectivity index (χ1n) is 9.78. The first-order valence-corrected chi connectivity index (χ1v) is 9.78. The van der Waals surface area contributed by atoms with Crippen LogP contribution in [0.15, 0.2) is 18.2 Å². The lowest BCUT2D eigenvalue weighted by Crippen LogP contribution is -2.51. The van der Waals surface area contributed by atoms with E-state index in [1.54, 1.807) is 23.1 Å². The predicted octanol–water partition coefficient (Wildman–Crippen LogP) is 0.846. The molecule has 1 atom stereocenters. The minimum Gasteiger partial charge on any atom is -0.485 e. The Labute approximate surface area is 170 Å². The third kappa shape index (κ3) is 3.07. The summed E-state index contributed by atoms with van der Waals surface area (Å²) >= 11 is 0. The van der Waals surface area contributed by atoms with Crippen LogP contribution in [0.5, 0.6) is 5.75 Å². The molecule has 10 heteroatoms. The van der Waals surface area contributed by atoms with E-state index in [1.165, 1.54) is 0 Å². The van der Waals surface area contributed by atoms with Gasteiger partial charge in [0.25, 0.3) is 11.8 Å². The van der Waals surface area contributed by atoms with Crippen LogP contribution in [0.3, 0.4) is 0 Å². The topological polar surface area (TPSA) is 108 Å². The molecule has 3 N–H and O–H groups in total. The number of carbonyl (C=O) groups excluding carboxylic acids is 1. The molecule has 5 rings (SSSR count). The van der Waals surface area contributed by atoms with Crippen molar-refractivity contribution in [1.82, 2.24) is 15.3 Å². The Morgan fingerprint density at radius 2 is 2.10 bits per heavy atom. The minimum absolute atomic E-state index is 0.137. The van der Waals surface area contributed by atoms with E-state index < -0.39 is 18.1 Å². The Morgan fingerprint density at radius 1 is 1.30 bits per heavy atom. The summed E-state index contributed by atoms with van der Waals surface area (Å²) in [7, 11) is 0. The Balaban J connectivity index is 1.62. The van der Waals surface area contributed by atoms with Crippen molar-refractivity contribution in [3.8, 4) is 17.0 Å². The van der Waals surface area contributed by atoms with Crippen molar-refractivity contribution in [3.63, 3.8) is 0 Å². The highest BCUT2D eigenvalue weighted by Gasteiger charge is 2.44. The molecule has 1 aromatic heterocycles. The summed E-state index contributed by atoms with van der Waals surface area (Å²) in [5.41, 5.74) is 1.29. The molecule has 1 aromatic carbocycles. The number of anilines is 1. The molecule has 1 saturated heterocycles. The van der Waals surface area contributed by atoms with Crippen LogP contribution in [0.4, 0.5) is 14.7 Å². The van der Waals surface area contributed by atoms with Gasteiger partial charge in [-0.25, -0.2) is 9.97 Å². The normalized spacial score (nSPS) is 22.5. The van der Waals surface area contributed by atoms with E-state index in [1.807, 2.05) is 0 Å². The van der Waals surface area contributed by atoms with E-state index in [0.29, 0.717) is 22.4 Å². The maximum absolute atomic E-state index is 14.5. The van der Waals surface area contributed by atoms with Gasteiger partial charge in [0, 0.05) is 30.6 Å². The number of aliphatic hydroxyl groups excluding tert-OH is 2. The van der Waals surface area contributed by atoms with Crippen molar-refractivity contribution in [2.24, 2.45) is 0 Å². The number of hydrogen-bond donors (Lipinski definition) is 3. The average Bonchev–Trinajstić information content (AvgIpc) is 2.92. The summed E-state index contributed by atoms with van der Waals surface area (Å²) in [6, 6.07) is 4.81. The molecule has 2 aromatic rings. The fraction of sp³-hybridized carbons (Fsp3) is 0.450. The summed E-state index contributed by atoms with van der Waals surface area (Å²) in [4.78, 5) is 22.6. The van der Waals surface area contributed by atoms with Crippen molar-refractivity contribution < 1.29 is 28.5 Å². The molecule has 0 bridgehead atoms. The predicted molar refractivity (Wildman–Crippen MR) is 102 cm³/mol. The van der Waals surface area contributed by atoms with Crippen LogP contribution in [0.2, 0.25) is 0 Å². The molecular formula is C20H20F2N4O4. The smallest absolute Gasteiger partial charge is 0.290 e. The van der Waals surface area contributed by atoms with Gasteiger partial charge in [-0.1, -0.05) is 6.07 Å². The third-order valence-corrected chi connectivity index (χ3v) is 5.66. The lowest BCUT2D eigenvalue weighted by atomic mass is 10.0. The number of aromatic nitrogens is 2. The van der Waals surface area contributed by atoms with Gasteiger partial charge in [0.2, 0.25) is 5.95 Å². The average molecular weight is 418 g/mol. The van der Waals surface area contributed by atoms with Gasteiger partial charge in [-0.05, 0) is 18.6 Å². The number of fused-ring (bicyclic) bond motifs is 2. The van der Waals surface area contributed by atoms with Crippen molar-refractivity contribution in [2.75, 3.05) is 31.1 Å². The molecule has 30 heavy (non-hydrogen) atoms. The number of benzene rings is 1. The van der Waals surface area contributed by atoms with E-state index in [9.17, 15) is 23.8 Å². The van der Waals surface area contributed by atoms with E-state index in [4.69, 9.17) is 4.74 Å². The fourth-order valence-electron chi connectivity index (χ4n) is 3.99. The summed E-state index contributed by atoms with van der Waals surface area (Å²) in [5.74, 6) is -2.96. The van der Waals surface area contributed by atoms with E-state index in [2.05, 4.69) is 15.3 Å². The number of halogens is 2. The number of β-amino-alcohol motifs (C(OH)–C–C–N with tert-alkyl or cyclic N) is 1. The molecule has 0 spiro atoms. The molecule has 8 nitrogen and oxygen atoms in total. The van der Waals surface area contributed by atoms with Gasteiger partial charge in [0.15, 0.2) is 0 Å². The van der Waals surface area contributed by atoms with Gasteiger partial charge in [-0.2, -0.15) is 8.78 Å². The molecule has 158 valence electrons. The highest BCUT2D eigenvalue weighted by molar-refractivity contribution is 5.98. The first-order chi connectivity index (χ1) is 14.4. The SMILES string of the molecule is O=C1NC[C@H](CO)Oc2cc(-c3nc(N4CC(O)C4)nc4c3CCC4(F)F)ccc21. The van der Waals surface area contributed by atoms with E-state index >= 15 is 0 Å². The molecule has 3 heterocycles. The van der Waals surface area contributed by atoms with Crippen LogP contribution in [-0.2, 0) is 12.3 Å². The molecule has 2 aliphatic heterocycles. The van der Waals surface area contributed by atoms with Gasteiger partial charge >= 0.3 is 0 Å². The Hall–Kier alpha value is -2.85. The second-order valence-electron chi connectivity index (χ2n) is 7.81. The Kier molecular flexibility index (Phi) is 4.37. The van der Waals surface area contributed by atoms with Gasteiger partial charge < -0.3 is 25.2 Å². The number of ether oxygens (including phenoxy) is 1. The molecule has 3 aliphatic rings. The van der Waals surface area contributed by atoms with Crippen LogP contribution in [-0.4, -0.2) is 64.5 Å². The van der Waals surface area contributed by atoms with Crippen molar-refractivity contribution in [1.29, 1.82) is 0 Å². The molecule has 1 aliphatic carbocycles. The quantitative estimate of drug-likeness (QED) is 0.678. The second kappa shape index (κ2) is 6.85. The van der Waals surface area contributed by atoms with Crippen LogP contribution < -0.4 is 15.0 Å². The first kappa shape index (κ1) is 19.1. The third-order valence-electron chi connectivity index (χ3n) is 5.66. The van der Waals surface area contributed by atoms with Crippen LogP contribution in [0.25, 0.3) is 11.3 Å². The maximum Gasteiger partial charge on any atom is 0.290 e. The zero-order valence-corrected chi connectivity index (χ0v) is 15.9. The van der Waals surface area contributed by atoms with Gasteiger partial charge in [-0.15, -0.1) is 0 Å².